The molecule has 0 aliphatic carbocycles. The smallest absolute Gasteiger partial charge is 0.238 e. The molecule has 0 aliphatic heterocycles. The molecular weight excluding hydrogens is 540 g/mol. The molecule has 206 valence electrons. The molecule has 0 N–H and O–H groups in total. The third-order valence-corrected chi connectivity index (χ3v) is 8.29. The Morgan fingerprint density at radius 2 is 0.909 bits per heavy atom. The minimum Gasteiger partial charge on any atom is -0.456 e. The summed E-state index contributed by atoms with van der Waals surface area (Å²) in [6.45, 7) is 0. The van der Waals surface area contributed by atoms with Gasteiger partial charge in [0.05, 0.1) is 11.0 Å². The van der Waals surface area contributed by atoms with E-state index in [1.807, 2.05) is 48.5 Å². The second-order valence-corrected chi connectivity index (χ2v) is 10.9. The summed E-state index contributed by atoms with van der Waals surface area (Å²) in [6, 6.07) is 49.8. The van der Waals surface area contributed by atoms with Crippen molar-refractivity contribution >= 4 is 43.7 Å². The molecule has 0 radical (unpaired) electrons. The first-order valence-corrected chi connectivity index (χ1v) is 14.6. The highest BCUT2D eigenvalue weighted by Crippen LogP contribution is 2.34. The normalized spacial score (nSPS) is 11.6. The van der Waals surface area contributed by atoms with E-state index >= 15 is 0 Å². The lowest BCUT2D eigenvalue weighted by atomic mass is 10.0. The Morgan fingerprint density at radius 3 is 1.61 bits per heavy atom. The molecular formula is C39H24N4O. The molecule has 3 aromatic heterocycles. The van der Waals surface area contributed by atoms with E-state index in [-0.39, 0.29) is 0 Å². The predicted octanol–water partition coefficient (Wildman–Crippen LogP) is 9.87. The number of aromatic nitrogens is 4. The number of rotatable bonds is 4. The summed E-state index contributed by atoms with van der Waals surface area (Å²) in [5, 5.41) is 4.58. The van der Waals surface area contributed by atoms with Gasteiger partial charge in [-0.3, -0.25) is 4.57 Å². The molecule has 5 heteroatoms. The molecule has 0 saturated heterocycles. The highest BCUT2D eigenvalue weighted by molar-refractivity contribution is 6.09. The summed E-state index contributed by atoms with van der Waals surface area (Å²) in [6.07, 6.45) is 0. The van der Waals surface area contributed by atoms with Crippen molar-refractivity contribution in [3.63, 3.8) is 0 Å². The van der Waals surface area contributed by atoms with Crippen molar-refractivity contribution in [2.45, 2.75) is 0 Å². The van der Waals surface area contributed by atoms with Crippen molar-refractivity contribution in [2.75, 3.05) is 0 Å². The highest BCUT2D eigenvalue weighted by atomic mass is 16.3. The fraction of sp³-hybridized carbons (Fsp3) is 0. The van der Waals surface area contributed by atoms with Gasteiger partial charge in [0, 0.05) is 32.7 Å². The predicted molar refractivity (Wildman–Crippen MR) is 178 cm³/mol. The van der Waals surface area contributed by atoms with Gasteiger partial charge in [0.1, 0.15) is 11.2 Å². The quantitative estimate of drug-likeness (QED) is 0.213. The third kappa shape index (κ3) is 3.91. The van der Waals surface area contributed by atoms with Crippen LogP contribution in [-0.2, 0) is 0 Å². The van der Waals surface area contributed by atoms with Gasteiger partial charge in [-0.15, -0.1) is 0 Å². The molecule has 0 aliphatic rings. The minimum atomic E-state index is 0.589. The number of hydrogen-bond donors (Lipinski definition) is 0. The van der Waals surface area contributed by atoms with Crippen LogP contribution >= 0.6 is 0 Å². The van der Waals surface area contributed by atoms with Gasteiger partial charge in [0.2, 0.25) is 5.95 Å². The number of furan rings is 1. The van der Waals surface area contributed by atoms with E-state index in [4.69, 9.17) is 19.4 Å². The van der Waals surface area contributed by atoms with E-state index in [0.717, 1.165) is 66.0 Å². The lowest BCUT2D eigenvalue weighted by molar-refractivity contribution is 0.669. The molecule has 0 amide bonds. The van der Waals surface area contributed by atoms with Crippen molar-refractivity contribution in [2.24, 2.45) is 0 Å². The number of nitrogens with zero attached hydrogens (tertiary/aromatic N) is 4. The average molecular weight is 565 g/mol. The summed E-state index contributed by atoms with van der Waals surface area (Å²) in [5.41, 5.74) is 7.94. The van der Waals surface area contributed by atoms with Gasteiger partial charge in [-0.25, -0.2) is 4.98 Å². The fourth-order valence-corrected chi connectivity index (χ4v) is 6.17. The molecule has 6 aromatic carbocycles. The molecule has 9 rings (SSSR count). The molecule has 5 nitrogen and oxygen atoms in total. The van der Waals surface area contributed by atoms with Crippen LogP contribution in [0.15, 0.2) is 150 Å². The van der Waals surface area contributed by atoms with Crippen LogP contribution in [0.25, 0.3) is 83.6 Å². The number of fused-ring (bicyclic) bond motifs is 6. The molecule has 0 spiro atoms. The summed E-state index contributed by atoms with van der Waals surface area (Å²) in [5.74, 6) is 1.84. The van der Waals surface area contributed by atoms with E-state index in [9.17, 15) is 0 Å². The second kappa shape index (κ2) is 9.75. The van der Waals surface area contributed by atoms with Crippen LogP contribution in [0.4, 0.5) is 0 Å². The highest BCUT2D eigenvalue weighted by Gasteiger charge is 2.17. The van der Waals surface area contributed by atoms with E-state index in [1.54, 1.807) is 0 Å². The standard InChI is InChI=1S/C39H24N4O/c1-2-10-26(11-3-1)37-40-38(42-39(41-37)43-33-15-7-4-12-29(33)30-13-5-8-16-34(30)43)27-20-18-25(19-21-27)28-22-23-32-31-14-6-9-17-35(31)44-36(32)24-28/h1-24H. The fourth-order valence-electron chi connectivity index (χ4n) is 6.17. The minimum absolute atomic E-state index is 0.589. The Hall–Kier alpha value is -6.07. The van der Waals surface area contributed by atoms with Gasteiger partial charge in [-0.2, -0.15) is 9.97 Å². The first-order valence-electron chi connectivity index (χ1n) is 14.6. The maximum atomic E-state index is 6.14. The summed E-state index contributed by atoms with van der Waals surface area (Å²) in [4.78, 5) is 15.0. The first kappa shape index (κ1) is 24.5. The first-order chi connectivity index (χ1) is 21.8. The molecule has 0 saturated carbocycles. The van der Waals surface area contributed by atoms with Gasteiger partial charge in [-0.05, 0) is 41.5 Å². The molecule has 3 heterocycles. The van der Waals surface area contributed by atoms with Crippen molar-refractivity contribution in [3.8, 4) is 39.9 Å². The SMILES string of the molecule is c1ccc(-c2nc(-c3ccc(-c4ccc5c(c4)oc4ccccc45)cc3)nc(-n3c4ccccc4c4ccccc43)n2)cc1. The van der Waals surface area contributed by atoms with Crippen LogP contribution in [0.5, 0.6) is 0 Å². The topological polar surface area (TPSA) is 56.7 Å². The van der Waals surface area contributed by atoms with Gasteiger partial charge in [0.25, 0.3) is 0 Å². The molecule has 9 aromatic rings. The molecule has 0 fully saturated rings. The van der Waals surface area contributed by atoms with E-state index in [1.165, 1.54) is 0 Å². The summed E-state index contributed by atoms with van der Waals surface area (Å²) in [7, 11) is 0. The Balaban J connectivity index is 1.19. The molecule has 0 unspecified atom stereocenters. The van der Waals surface area contributed by atoms with Crippen molar-refractivity contribution < 1.29 is 4.42 Å². The number of benzene rings is 6. The molecule has 0 bridgehead atoms. The maximum Gasteiger partial charge on any atom is 0.238 e. The molecule has 0 atom stereocenters. The van der Waals surface area contributed by atoms with E-state index < -0.39 is 0 Å². The van der Waals surface area contributed by atoms with E-state index in [2.05, 4.69) is 102 Å². The average Bonchev–Trinajstić information content (AvgIpc) is 3.64. The zero-order valence-corrected chi connectivity index (χ0v) is 23.6. The van der Waals surface area contributed by atoms with Gasteiger partial charge in [0.15, 0.2) is 11.6 Å². The lowest BCUT2D eigenvalue weighted by Gasteiger charge is -2.11. The van der Waals surface area contributed by atoms with Crippen LogP contribution in [0.3, 0.4) is 0 Å². The Labute approximate surface area is 252 Å². The second-order valence-electron chi connectivity index (χ2n) is 10.9. The summed E-state index contributed by atoms with van der Waals surface area (Å²) < 4.78 is 8.28. The third-order valence-electron chi connectivity index (χ3n) is 8.29. The Bertz CT molecular complexity index is 2440. The van der Waals surface area contributed by atoms with E-state index in [0.29, 0.717) is 17.6 Å². The van der Waals surface area contributed by atoms with Crippen LogP contribution < -0.4 is 0 Å². The van der Waals surface area contributed by atoms with Crippen LogP contribution in [0.1, 0.15) is 0 Å². The zero-order chi connectivity index (χ0) is 29.0. The maximum absolute atomic E-state index is 6.14. The van der Waals surface area contributed by atoms with Gasteiger partial charge in [-0.1, -0.05) is 115 Å². The zero-order valence-electron chi connectivity index (χ0n) is 23.6. The van der Waals surface area contributed by atoms with Crippen LogP contribution in [0.2, 0.25) is 0 Å². The largest absolute Gasteiger partial charge is 0.456 e. The Morgan fingerprint density at radius 1 is 0.386 bits per heavy atom. The molecule has 44 heavy (non-hydrogen) atoms. The number of para-hydroxylation sites is 3. The van der Waals surface area contributed by atoms with Crippen molar-refractivity contribution in [3.05, 3.63) is 146 Å². The number of hydrogen-bond acceptors (Lipinski definition) is 4. The van der Waals surface area contributed by atoms with Crippen molar-refractivity contribution in [1.29, 1.82) is 0 Å². The summed E-state index contributed by atoms with van der Waals surface area (Å²) >= 11 is 0. The monoisotopic (exact) mass is 564 g/mol. The van der Waals surface area contributed by atoms with Crippen LogP contribution in [-0.4, -0.2) is 19.5 Å². The lowest BCUT2D eigenvalue weighted by Crippen LogP contribution is -2.06. The van der Waals surface area contributed by atoms with Gasteiger partial charge >= 0.3 is 0 Å². The van der Waals surface area contributed by atoms with Crippen LogP contribution in [0, 0.1) is 0 Å². The van der Waals surface area contributed by atoms with Crippen molar-refractivity contribution in [1.82, 2.24) is 19.5 Å². The Kier molecular flexibility index (Phi) is 5.43. The van der Waals surface area contributed by atoms with Gasteiger partial charge < -0.3 is 4.42 Å².